The van der Waals surface area contributed by atoms with Gasteiger partial charge in [-0.2, -0.15) is 4.39 Å². The number of ether oxygens (including phenoxy) is 1. The van der Waals surface area contributed by atoms with Crippen molar-refractivity contribution in [3.05, 3.63) is 42.0 Å². The highest BCUT2D eigenvalue weighted by molar-refractivity contribution is 6.01. The van der Waals surface area contributed by atoms with Gasteiger partial charge >= 0.3 is 35.0 Å². The van der Waals surface area contributed by atoms with Crippen LogP contribution in [0.1, 0.15) is 17.3 Å². The summed E-state index contributed by atoms with van der Waals surface area (Å²) in [4.78, 5) is 25.5. The molecule has 0 atom stereocenters. The molecule has 0 spiro atoms. The van der Waals surface area contributed by atoms with Crippen LogP contribution in [0.3, 0.4) is 0 Å². The second-order valence-electron chi connectivity index (χ2n) is 2.82. The summed E-state index contributed by atoms with van der Waals surface area (Å²) >= 11 is 0. The van der Waals surface area contributed by atoms with Crippen LogP contribution in [0.25, 0.3) is 0 Å². The molecular formula is C10H10FMgNO3. The van der Waals surface area contributed by atoms with E-state index in [9.17, 15) is 14.0 Å². The monoisotopic (exact) mass is 235 g/mol. The predicted molar refractivity (Wildman–Crippen MR) is 58.0 cm³/mol. The highest BCUT2D eigenvalue weighted by Gasteiger charge is 2.13. The molecule has 0 aliphatic rings. The van der Waals surface area contributed by atoms with Crippen LogP contribution in [-0.2, 0) is 9.53 Å². The highest BCUT2D eigenvalue weighted by atomic mass is 24.3. The van der Waals surface area contributed by atoms with E-state index < -0.39 is 17.9 Å². The van der Waals surface area contributed by atoms with Crippen LogP contribution in [0.15, 0.2) is 30.5 Å². The van der Waals surface area contributed by atoms with Crippen LogP contribution < -0.4 is 0 Å². The van der Waals surface area contributed by atoms with Crippen LogP contribution in [0.4, 0.5) is 4.39 Å². The Morgan fingerprint density at radius 1 is 1.50 bits per heavy atom. The Kier molecular flexibility index (Phi) is 5.83. The average molecular weight is 235 g/mol. The van der Waals surface area contributed by atoms with Crippen molar-refractivity contribution in [2.75, 3.05) is 0 Å². The third-order valence-corrected chi connectivity index (χ3v) is 1.50. The van der Waals surface area contributed by atoms with Gasteiger partial charge < -0.3 is 4.74 Å². The maximum atomic E-state index is 12.6. The Morgan fingerprint density at radius 3 is 2.62 bits per heavy atom. The zero-order valence-electron chi connectivity index (χ0n) is 7.99. The Labute approximate surface area is 108 Å². The number of rotatable bonds is 2. The van der Waals surface area contributed by atoms with E-state index in [-0.39, 0.29) is 34.2 Å². The molecule has 1 heterocycles. The molecule has 0 aliphatic heterocycles. The van der Waals surface area contributed by atoms with Crippen LogP contribution in [0, 0.1) is 5.95 Å². The summed E-state index contributed by atoms with van der Waals surface area (Å²) in [6, 6.07) is 2.13. The molecule has 4 nitrogen and oxygen atoms in total. The van der Waals surface area contributed by atoms with Gasteiger partial charge in [-0.1, -0.05) is 6.58 Å². The molecule has 0 aromatic carbocycles. The molecule has 1 aromatic heterocycles. The van der Waals surface area contributed by atoms with Gasteiger partial charge in [-0.3, -0.25) is 0 Å². The summed E-state index contributed by atoms with van der Waals surface area (Å²) in [5.41, 5.74) is 0.0231. The van der Waals surface area contributed by atoms with E-state index in [1.165, 1.54) is 13.0 Å². The lowest BCUT2D eigenvalue weighted by Crippen LogP contribution is -2.13. The summed E-state index contributed by atoms with van der Waals surface area (Å²) in [5, 5.41) is 0. The van der Waals surface area contributed by atoms with Gasteiger partial charge in [0.25, 0.3) is 0 Å². The minimum Gasteiger partial charge on any atom is -0.386 e. The first-order valence-electron chi connectivity index (χ1n) is 4.04. The van der Waals surface area contributed by atoms with Gasteiger partial charge in [0.05, 0.1) is 5.56 Å². The molecule has 0 N–H and O–H groups in total. The van der Waals surface area contributed by atoms with E-state index in [2.05, 4.69) is 16.3 Å². The van der Waals surface area contributed by atoms with E-state index in [4.69, 9.17) is 0 Å². The lowest BCUT2D eigenvalue weighted by Gasteiger charge is -2.01. The third kappa shape index (κ3) is 4.07. The van der Waals surface area contributed by atoms with Crippen molar-refractivity contribution in [1.29, 1.82) is 0 Å². The van der Waals surface area contributed by atoms with Crippen molar-refractivity contribution in [2.24, 2.45) is 0 Å². The highest BCUT2D eigenvalue weighted by Crippen LogP contribution is 2.04. The lowest BCUT2D eigenvalue weighted by molar-refractivity contribution is -0.133. The van der Waals surface area contributed by atoms with Crippen molar-refractivity contribution in [1.82, 2.24) is 4.98 Å². The Morgan fingerprint density at radius 2 is 2.12 bits per heavy atom. The number of hydrogen-bond acceptors (Lipinski definition) is 4. The summed E-state index contributed by atoms with van der Waals surface area (Å²) in [7, 11) is 0. The van der Waals surface area contributed by atoms with Gasteiger partial charge in [0.1, 0.15) is 0 Å². The fourth-order valence-corrected chi connectivity index (χ4v) is 0.760. The van der Waals surface area contributed by atoms with Crippen LogP contribution >= 0.6 is 0 Å². The van der Waals surface area contributed by atoms with Crippen molar-refractivity contribution in [3.63, 3.8) is 0 Å². The molecule has 1 aromatic rings. The number of carbonyl (C=O) groups excluding carboxylic acids is 2. The Balaban J connectivity index is 0.00000225. The number of halogens is 1. The molecule has 0 bridgehead atoms. The van der Waals surface area contributed by atoms with Crippen LogP contribution in [0.2, 0.25) is 0 Å². The van der Waals surface area contributed by atoms with Gasteiger partial charge in [-0.05, 0) is 13.0 Å². The van der Waals surface area contributed by atoms with Crippen molar-refractivity contribution in [3.8, 4) is 0 Å². The second kappa shape index (κ2) is 6.34. The number of carbonyl (C=O) groups is 2. The number of aromatic nitrogens is 1. The van der Waals surface area contributed by atoms with E-state index >= 15 is 0 Å². The van der Waals surface area contributed by atoms with Crippen LogP contribution in [0.5, 0.6) is 0 Å². The minimum absolute atomic E-state index is 0. The largest absolute Gasteiger partial charge is 0.386 e. The van der Waals surface area contributed by atoms with Crippen LogP contribution in [-0.4, -0.2) is 40.0 Å². The van der Waals surface area contributed by atoms with Gasteiger partial charge in [0.2, 0.25) is 5.95 Å². The standard InChI is InChI=1S/C10H8FNO3.Mg.2H/c1-6(2)9(13)15-10(14)7-3-4-12-8(11)5-7;;;/h3-5H,1H2,2H3;;;. The Hall–Kier alpha value is -1.27. The van der Waals surface area contributed by atoms with E-state index in [1.54, 1.807) is 0 Å². The second-order valence-corrected chi connectivity index (χ2v) is 2.82. The molecule has 1 rings (SSSR count). The maximum Gasteiger partial charge on any atom is 0.346 e. The fourth-order valence-electron chi connectivity index (χ4n) is 0.760. The summed E-state index contributed by atoms with van der Waals surface area (Å²) < 4.78 is 17.0. The third-order valence-electron chi connectivity index (χ3n) is 1.50. The molecule has 0 radical (unpaired) electrons. The summed E-state index contributed by atoms with van der Waals surface area (Å²) in [5.74, 6) is -2.58. The van der Waals surface area contributed by atoms with Gasteiger partial charge in [-0.15, -0.1) is 0 Å². The molecule has 0 aliphatic carbocycles. The number of esters is 2. The predicted octanol–water partition coefficient (Wildman–Crippen LogP) is 0.564. The minimum atomic E-state index is -0.927. The number of pyridine rings is 1. The Bertz CT molecular complexity index is 434. The quantitative estimate of drug-likeness (QED) is 0.247. The molecule has 0 amide bonds. The molecule has 6 heteroatoms. The first-order valence-corrected chi connectivity index (χ1v) is 4.04. The van der Waals surface area contributed by atoms with Gasteiger partial charge in [-0.25, -0.2) is 14.6 Å². The van der Waals surface area contributed by atoms with Gasteiger partial charge in [0, 0.05) is 17.8 Å². The normalized spacial score (nSPS) is 8.88. The van der Waals surface area contributed by atoms with Crippen molar-refractivity contribution >= 4 is 35.0 Å². The zero-order chi connectivity index (χ0) is 11.4. The maximum absolute atomic E-state index is 12.6. The van der Waals surface area contributed by atoms with E-state index in [0.717, 1.165) is 12.3 Å². The average Bonchev–Trinajstić information content (AvgIpc) is 2.17. The molecule has 0 unspecified atom stereocenters. The lowest BCUT2D eigenvalue weighted by atomic mass is 10.3. The first-order chi connectivity index (χ1) is 7.00. The topological polar surface area (TPSA) is 56.3 Å². The molecule has 0 saturated carbocycles. The van der Waals surface area contributed by atoms with Crippen molar-refractivity contribution < 1.29 is 18.7 Å². The number of nitrogens with zero attached hydrogens (tertiary/aromatic N) is 1. The van der Waals surface area contributed by atoms with Gasteiger partial charge in [0.15, 0.2) is 0 Å². The molecular weight excluding hydrogens is 225 g/mol. The molecule has 0 fully saturated rings. The summed E-state index contributed by atoms with van der Waals surface area (Å²) in [6.07, 6.45) is 1.11. The molecule has 82 valence electrons. The first kappa shape index (κ1) is 14.7. The number of hydrogen-bond donors (Lipinski definition) is 0. The van der Waals surface area contributed by atoms with E-state index in [0.29, 0.717) is 0 Å². The zero-order valence-corrected chi connectivity index (χ0v) is 7.99. The van der Waals surface area contributed by atoms with Crippen molar-refractivity contribution in [2.45, 2.75) is 6.92 Å². The van der Waals surface area contributed by atoms with E-state index in [1.807, 2.05) is 0 Å². The SMILES string of the molecule is C=C(C)C(=O)OC(=O)c1ccnc(F)c1.[MgH2]. The fraction of sp³-hybridized carbons (Fsp3) is 0.100. The smallest absolute Gasteiger partial charge is 0.346 e. The molecule has 16 heavy (non-hydrogen) atoms. The summed E-state index contributed by atoms with van der Waals surface area (Å²) in [6.45, 7) is 4.71. The molecule has 0 saturated heterocycles.